The van der Waals surface area contributed by atoms with Crippen molar-refractivity contribution in [1.29, 1.82) is 0 Å². The van der Waals surface area contributed by atoms with Crippen molar-refractivity contribution in [1.82, 2.24) is 14.7 Å². The molecule has 0 aliphatic carbocycles. The van der Waals surface area contributed by atoms with Crippen LogP contribution in [-0.4, -0.2) is 33.8 Å². The number of hydrogen-bond acceptors (Lipinski definition) is 3. The molecular formula is C17H21N3O. The zero-order valence-electron chi connectivity index (χ0n) is 12.6. The normalized spacial score (nSPS) is 29.1. The predicted octanol–water partition coefficient (Wildman–Crippen LogP) is 2.50. The van der Waals surface area contributed by atoms with E-state index in [0.29, 0.717) is 12.1 Å². The molecule has 0 amide bonds. The highest BCUT2D eigenvalue weighted by Crippen LogP contribution is 2.39. The maximum atomic E-state index is 12.8. The Balaban J connectivity index is 1.81. The molecule has 2 fully saturated rings. The number of aryl methyl sites for hydroxylation is 1. The summed E-state index contributed by atoms with van der Waals surface area (Å²) in [5.74, 6) is 0. The van der Waals surface area contributed by atoms with Gasteiger partial charge in [0.2, 0.25) is 0 Å². The Hall–Kier alpha value is -1.68. The van der Waals surface area contributed by atoms with E-state index >= 15 is 0 Å². The Labute approximate surface area is 124 Å². The van der Waals surface area contributed by atoms with Crippen LogP contribution in [-0.2, 0) is 0 Å². The van der Waals surface area contributed by atoms with Crippen LogP contribution in [0.4, 0.5) is 0 Å². The molecule has 0 saturated carbocycles. The van der Waals surface area contributed by atoms with E-state index in [2.05, 4.69) is 17.0 Å². The number of fused-ring (bicyclic) bond motifs is 3. The zero-order chi connectivity index (χ0) is 14.6. The number of nitrogens with zero attached hydrogens (tertiary/aromatic N) is 3. The van der Waals surface area contributed by atoms with Gasteiger partial charge in [-0.25, -0.2) is 4.68 Å². The van der Waals surface area contributed by atoms with Crippen LogP contribution in [0.3, 0.4) is 0 Å². The van der Waals surface area contributed by atoms with Crippen LogP contribution < -0.4 is 5.56 Å². The Morgan fingerprint density at radius 2 is 1.67 bits per heavy atom. The monoisotopic (exact) mass is 283 g/mol. The van der Waals surface area contributed by atoms with Gasteiger partial charge in [-0.3, -0.25) is 4.79 Å². The molecule has 110 valence electrons. The van der Waals surface area contributed by atoms with Crippen LogP contribution in [0.1, 0.15) is 37.4 Å². The predicted molar refractivity (Wildman–Crippen MR) is 83.6 cm³/mol. The Morgan fingerprint density at radius 3 is 2.33 bits per heavy atom. The highest BCUT2D eigenvalue weighted by atomic mass is 16.1. The van der Waals surface area contributed by atoms with Gasteiger partial charge in [0.15, 0.2) is 0 Å². The molecule has 21 heavy (non-hydrogen) atoms. The molecule has 2 atom stereocenters. The van der Waals surface area contributed by atoms with Gasteiger partial charge in [-0.15, -0.1) is 0 Å². The summed E-state index contributed by atoms with van der Waals surface area (Å²) in [6.07, 6.45) is 4.63. The van der Waals surface area contributed by atoms with E-state index in [0.717, 1.165) is 29.3 Å². The van der Waals surface area contributed by atoms with Crippen LogP contribution in [0.2, 0.25) is 0 Å². The third-order valence-electron chi connectivity index (χ3n) is 5.43. The summed E-state index contributed by atoms with van der Waals surface area (Å²) in [7, 11) is 2.22. The van der Waals surface area contributed by atoms with E-state index in [9.17, 15) is 4.79 Å². The van der Waals surface area contributed by atoms with Crippen LogP contribution in [0.15, 0.2) is 29.1 Å². The largest absolute Gasteiger partial charge is 0.300 e. The lowest BCUT2D eigenvalue weighted by molar-refractivity contribution is 0.129. The minimum atomic E-state index is 0.0742. The van der Waals surface area contributed by atoms with E-state index in [-0.39, 0.29) is 11.6 Å². The summed E-state index contributed by atoms with van der Waals surface area (Å²) >= 11 is 0. The number of hydrogen-bond donors (Lipinski definition) is 0. The Bertz CT molecular complexity index is 737. The molecule has 2 aliphatic rings. The molecule has 0 radical (unpaired) electrons. The second kappa shape index (κ2) is 4.67. The van der Waals surface area contributed by atoms with E-state index < -0.39 is 0 Å². The summed E-state index contributed by atoms with van der Waals surface area (Å²) < 4.78 is 1.77. The maximum Gasteiger partial charge on any atom is 0.274 e. The fraction of sp³-hybridized carbons (Fsp3) is 0.529. The highest BCUT2D eigenvalue weighted by molar-refractivity contribution is 5.83. The lowest BCUT2D eigenvalue weighted by atomic mass is 9.98. The second-order valence-electron chi connectivity index (χ2n) is 6.56. The molecule has 2 saturated heterocycles. The average molecular weight is 283 g/mol. The first-order valence-corrected chi connectivity index (χ1v) is 7.85. The fourth-order valence-electron chi connectivity index (χ4n) is 4.20. The first-order chi connectivity index (χ1) is 10.1. The molecule has 2 aromatic rings. The molecule has 2 bridgehead atoms. The summed E-state index contributed by atoms with van der Waals surface area (Å²) in [6.45, 7) is 2.00. The first-order valence-electron chi connectivity index (χ1n) is 7.85. The van der Waals surface area contributed by atoms with Crippen LogP contribution in [0, 0.1) is 6.92 Å². The van der Waals surface area contributed by atoms with Gasteiger partial charge in [0, 0.05) is 17.5 Å². The minimum absolute atomic E-state index is 0.0742. The van der Waals surface area contributed by atoms with Crippen LogP contribution >= 0.6 is 0 Å². The zero-order valence-corrected chi connectivity index (χ0v) is 12.6. The Morgan fingerprint density at radius 1 is 1.05 bits per heavy atom. The lowest BCUT2D eigenvalue weighted by Crippen LogP contribution is -2.43. The van der Waals surface area contributed by atoms with Gasteiger partial charge in [-0.05, 0) is 45.7 Å². The summed E-state index contributed by atoms with van der Waals surface area (Å²) in [5.41, 5.74) is 1.03. The smallest absolute Gasteiger partial charge is 0.274 e. The van der Waals surface area contributed by atoms with Crippen molar-refractivity contribution in [3.05, 3.63) is 40.3 Å². The molecule has 4 heteroatoms. The van der Waals surface area contributed by atoms with Crippen molar-refractivity contribution < 1.29 is 0 Å². The molecule has 2 aliphatic heterocycles. The van der Waals surface area contributed by atoms with Crippen molar-refractivity contribution in [3.8, 4) is 0 Å². The molecule has 3 heterocycles. The lowest BCUT2D eigenvalue weighted by Gasteiger charge is -2.36. The molecule has 2 unspecified atom stereocenters. The fourth-order valence-corrected chi connectivity index (χ4v) is 4.20. The molecule has 0 N–H and O–H groups in total. The van der Waals surface area contributed by atoms with Crippen LogP contribution in [0.25, 0.3) is 10.8 Å². The number of piperidine rings is 1. The maximum absolute atomic E-state index is 12.8. The number of rotatable bonds is 1. The average Bonchev–Trinajstić information content (AvgIpc) is 2.73. The third-order valence-corrected chi connectivity index (χ3v) is 5.43. The third kappa shape index (κ3) is 1.93. The molecule has 0 spiro atoms. The van der Waals surface area contributed by atoms with Crippen molar-refractivity contribution in [2.75, 3.05) is 7.05 Å². The minimum Gasteiger partial charge on any atom is -0.300 e. The van der Waals surface area contributed by atoms with Crippen LogP contribution in [0.5, 0.6) is 0 Å². The van der Waals surface area contributed by atoms with Gasteiger partial charge < -0.3 is 4.90 Å². The first kappa shape index (κ1) is 13.0. The van der Waals surface area contributed by atoms with Gasteiger partial charge in [0.1, 0.15) is 0 Å². The van der Waals surface area contributed by atoms with Crippen molar-refractivity contribution in [2.24, 2.45) is 0 Å². The van der Waals surface area contributed by atoms with Crippen molar-refractivity contribution in [2.45, 2.75) is 50.7 Å². The molecule has 1 aromatic heterocycles. The number of aromatic nitrogens is 2. The topological polar surface area (TPSA) is 38.1 Å². The van der Waals surface area contributed by atoms with Gasteiger partial charge in [-0.2, -0.15) is 5.10 Å². The standard InChI is InChI=1S/C17H21N3O/c1-11-15-5-3-4-6-16(15)17(21)20(18-11)14-9-12-7-8-13(10-14)19(12)2/h3-6,12-14H,7-10H2,1-2H3. The molecule has 4 rings (SSSR count). The highest BCUT2D eigenvalue weighted by Gasteiger charge is 2.39. The summed E-state index contributed by atoms with van der Waals surface area (Å²) in [5, 5.41) is 6.42. The van der Waals surface area contributed by atoms with E-state index in [1.165, 1.54) is 12.8 Å². The van der Waals surface area contributed by atoms with E-state index in [1.807, 2.05) is 31.2 Å². The number of benzene rings is 1. The van der Waals surface area contributed by atoms with Crippen molar-refractivity contribution >= 4 is 10.8 Å². The quantitative estimate of drug-likeness (QED) is 0.807. The van der Waals surface area contributed by atoms with Gasteiger partial charge in [-0.1, -0.05) is 18.2 Å². The van der Waals surface area contributed by atoms with Gasteiger partial charge in [0.05, 0.1) is 17.1 Å². The summed E-state index contributed by atoms with van der Waals surface area (Å²) in [6, 6.07) is 9.31. The second-order valence-corrected chi connectivity index (χ2v) is 6.56. The van der Waals surface area contributed by atoms with Crippen molar-refractivity contribution in [3.63, 3.8) is 0 Å². The molecule has 4 nitrogen and oxygen atoms in total. The summed E-state index contributed by atoms with van der Waals surface area (Å²) in [4.78, 5) is 15.3. The van der Waals surface area contributed by atoms with E-state index in [4.69, 9.17) is 0 Å². The SMILES string of the molecule is Cc1nn(C2CC3CCC(C2)N3C)c(=O)c2ccccc12. The Kier molecular flexibility index (Phi) is 2.89. The van der Waals surface area contributed by atoms with Gasteiger partial charge >= 0.3 is 0 Å². The molecule has 1 aromatic carbocycles. The van der Waals surface area contributed by atoms with Gasteiger partial charge in [0.25, 0.3) is 5.56 Å². The van der Waals surface area contributed by atoms with E-state index in [1.54, 1.807) is 4.68 Å². The molecular weight excluding hydrogens is 262 g/mol.